The maximum absolute atomic E-state index is 11.5. The van der Waals surface area contributed by atoms with Crippen LogP contribution in [-0.4, -0.2) is 19.0 Å². The predicted molar refractivity (Wildman–Crippen MR) is 70.6 cm³/mol. The van der Waals surface area contributed by atoms with Gasteiger partial charge < -0.3 is 10.6 Å². The summed E-state index contributed by atoms with van der Waals surface area (Å²) in [6.07, 6.45) is 1.72. The quantitative estimate of drug-likeness (QED) is 0.644. The molecule has 0 aliphatic heterocycles. The molecule has 0 fully saturated rings. The van der Waals surface area contributed by atoms with Crippen molar-refractivity contribution in [3.63, 3.8) is 0 Å². The van der Waals surface area contributed by atoms with Gasteiger partial charge in [-0.25, -0.2) is 0 Å². The Kier molecular flexibility index (Phi) is 5.22. The summed E-state index contributed by atoms with van der Waals surface area (Å²) < 4.78 is 0.923. The fraction of sp³-hybridized carbons (Fsp3) is 0.250. The standard InChI is InChI=1S/C12H15BrN2O/c1-3-7-14-8-11(16)15-10-6-4-5-9(2)12(10)13/h3-6,14H,1,7-8H2,2H3,(H,15,16). The Bertz CT molecular complexity index is 391. The first-order valence-corrected chi connectivity index (χ1v) is 5.81. The van der Waals surface area contributed by atoms with Crippen LogP contribution < -0.4 is 10.6 Å². The number of amides is 1. The fourth-order valence-corrected chi connectivity index (χ4v) is 1.59. The molecule has 0 atom stereocenters. The maximum atomic E-state index is 11.5. The zero-order valence-corrected chi connectivity index (χ0v) is 10.8. The molecule has 16 heavy (non-hydrogen) atoms. The second-order valence-corrected chi connectivity index (χ2v) is 4.20. The van der Waals surface area contributed by atoms with Crippen LogP contribution in [0.3, 0.4) is 0 Å². The Labute approximate surface area is 104 Å². The topological polar surface area (TPSA) is 41.1 Å². The maximum Gasteiger partial charge on any atom is 0.238 e. The molecule has 0 bridgehead atoms. The van der Waals surface area contributed by atoms with E-state index in [4.69, 9.17) is 0 Å². The Hall–Kier alpha value is -1.13. The van der Waals surface area contributed by atoms with Crippen LogP contribution in [0.1, 0.15) is 5.56 Å². The van der Waals surface area contributed by atoms with Gasteiger partial charge in [0, 0.05) is 11.0 Å². The summed E-state index contributed by atoms with van der Waals surface area (Å²) in [6, 6.07) is 5.76. The molecule has 2 N–H and O–H groups in total. The molecule has 4 heteroatoms. The molecule has 3 nitrogen and oxygen atoms in total. The molecule has 0 saturated carbocycles. The van der Waals surface area contributed by atoms with Gasteiger partial charge in [0.2, 0.25) is 5.91 Å². The molecule has 1 aromatic carbocycles. The number of nitrogens with one attached hydrogen (secondary N) is 2. The van der Waals surface area contributed by atoms with Crippen LogP contribution in [0.5, 0.6) is 0 Å². The van der Waals surface area contributed by atoms with Crippen molar-refractivity contribution in [2.24, 2.45) is 0 Å². The van der Waals surface area contributed by atoms with Crippen LogP contribution >= 0.6 is 15.9 Å². The minimum atomic E-state index is -0.0619. The average molecular weight is 283 g/mol. The molecule has 0 heterocycles. The lowest BCUT2D eigenvalue weighted by molar-refractivity contribution is -0.115. The van der Waals surface area contributed by atoms with Gasteiger partial charge in [0.1, 0.15) is 0 Å². The summed E-state index contributed by atoms with van der Waals surface area (Å²) >= 11 is 3.44. The normalized spacial score (nSPS) is 9.88. The first-order chi connectivity index (χ1) is 7.65. The van der Waals surface area contributed by atoms with Gasteiger partial charge in [0.05, 0.1) is 12.2 Å². The molecule has 0 saturated heterocycles. The Morgan fingerprint density at radius 3 is 3.00 bits per heavy atom. The molecule has 0 unspecified atom stereocenters. The van der Waals surface area contributed by atoms with Crippen molar-refractivity contribution in [2.75, 3.05) is 18.4 Å². The summed E-state index contributed by atoms with van der Waals surface area (Å²) in [4.78, 5) is 11.5. The van der Waals surface area contributed by atoms with Crippen molar-refractivity contribution in [3.8, 4) is 0 Å². The average Bonchev–Trinajstić information content (AvgIpc) is 2.25. The Morgan fingerprint density at radius 2 is 2.31 bits per heavy atom. The van der Waals surface area contributed by atoms with Gasteiger partial charge >= 0.3 is 0 Å². The van der Waals surface area contributed by atoms with Gasteiger partial charge in [-0.2, -0.15) is 0 Å². The molecule has 1 aromatic rings. The predicted octanol–water partition coefficient (Wildman–Crippen LogP) is 2.47. The molecular formula is C12H15BrN2O. The largest absolute Gasteiger partial charge is 0.324 e. The first kappa shape index (κ1) is 12.9. The van der Waals surface area contributed by atoms with E-state index in [1.54, 1.807) is 6.08 Å². The van der Waals surface area contributed by atoms with E-state index >= 15 is 0 Å². The van der Waals surface area contributed by atoms with E-state index in [9.17, 15) is 4.79 Å². The monoisotopic (exact) mass is 282 g/mol. The lowest BCUT2D eigenvalue weighted by Gasteiger charge is -2.09. The van der Waals surface area contributed by atoms with Gasteiger partial charge in [0.25, 0.3) is 0 Å². The second-order valence-electron chi connectivity index (χ2n) is 3.40. The number of anilines is 1. The van der Waals surface area contributed by atoms with Crippen LogP contribution in [0.4, 0.5) is 5.69 Å². The molecule has 86 valence electrons. The van der Waals surface area contributed by atoms with E-state index in [0.29, 0.717) is 6.54 Å². The van der Waals surface area contributed by atoms with Crippen LogP contribution in [-0.2, 0) is 4.79 Å². The first-order valence-electron chi connectivity index (χ1n) is 5.01. The molecule has 1 rings (SSSR count). The van der Waals surface area contributed by atoms with Crippen LogP contribution in [0, 0.1) is 6.92 Å². The van der Waals surface area contributed by atoms with Crippen LogP contribution in [0.25, 0.3) is 0 Å². The molecule has 0 radical (unpaired) electrons. The summed E-state index contributed by atoms with van der Waals surface area (Å²) in [7, 11) is 0. The zero-order valence-electron chi connectivity index (χ0n) is 9.22. The van der Waals surface area contributed by atoms with E-state index in [-0.39, 0.29) is 12.5 Å². The third-order valence-corrected chi connectivity index (χ3v) is 3.09. The van der Waals surface area contributed by atoms with E-state index in [2.05, 4.69) is 33.1 Å². The van der Waals surface area contributed by atoms with E-state index in [0.717, 1.165) is 15.7 Å². The fourth-order valence-electron chi connectivity index (χ4n) is 1.23. The highest BCUT2D eigenvalue weighted by Crippen LogP contribution is 2.25. The van der Waals surface area contributed by atoms with E-state index in [1.165, 1.54) is 0 Å². The molecule has 0 aromatic heterocycles. The SMILES string of the molecule is C=CCNCC(=O)Nc1cccc(C)c1Br. The van der Waals surface area contributed by atoms with Crippen LogP contribution in [0.15, 0.2) is 35.3 Å². The van der Waals surface area contributed by atoms with Gasteiger partial charge in [-0.05, 0) is 34.5 Å². The van der Waals surface area contributed by atoms with Crippen molar-refractivity contribution < 1.29 is 4.79 Å². The number of halogens is 1. The number of rotatable bonds is 5. The lowest BCUT2D eigenvalue weighted by atomic mass is 10.2. The second kappa shape index (κ2) is 6.45. The molecule has 0 spiro atoms. The van der Waals surface area contributed by atoms with Crippen molar-refractivity contribution in [2.45, 2.75) is 6.92 Å². The summed E-state index contributed by atoms with van der Waals surface area (Å²) in [5, 5.41) is 5.77. The van der Waals surface area contributed by atoms with Crippen molar-refractivity contribution >= 4 is 27.5 Å². The van der Waals surface area contributed by atoms with Crippen LogP contribution in [0.2, 0.25) is 0 Å². The molecule has 0 aliphatic rings. The van der Waals surface area contributed by atoms with Gasteiger partial charge in [-0.3, -0.25) is 4.79 Å². The smallest absolute Gasteiger partial charge is 0.238 e. The number of hydrogen-bond acceptors (Lipinski definition) is 2. The zero-order chi connectivity index (χ0) is 12.0. The van der Waals surface area contributed by atoms with Gasteiger partial charge in [-0.1, -0.05) is 18.2 Å². The summed E-state index contributed by atoms with van der Waals surface area (Å²) in [5.74, 6) is -0.0619. The van der Waals surface area contributed by atoms with Crippen molar-refractivity contribution in [1.29, 1.82) is 0 Å². The number of carbonyl (C=O) groups excluding carboxylic acids is 1. The number of hydrogen-bond donors (Lipinski definition) is 2. The van der Waals surface area contributed by atoms with E-state index < -0.39 is 0 Å². The minimum absolute atomic E-state index is 0.0619. The third-order valence-electron chi connectivity index (χ3n) is 2.04. The summed E-state index contributed by atoms with van der Waals surface area (Å²) in [6.45, 7) is 6.46. The molecule has 0 aliphatic carbocycles. The van der Waals surface area contributed by atoms with Crippen molar-refractivity contribution in [1.82, 2.24) is 5.32 Å². The van der Waals surface area contributed by atoms with Crippen molar-refractivity contribution in [3.05, 3.63) is 40.9 Å². The number of aryl methyl sites for hydroxylation is 1. The molecule has 1 amide bonds. The van der Waals surface area contributed by atoms with Gasteiger partial charge in [0.15, 0.2) is 0 Å². The van der Waals surface area contributed by atoms with E-state index in [1.807, 2.05) is 25.1 Å². The highest BCUT2D eigenvalue weighted by molar-refractivity contribution is 9.10. The minimum Gasteiger partial charge on any atom is -0.324 e. The number of carbonyl (C=O) groups is 1. The highest BCUT2D eigenvalue weighted by Gasteiger charge is 2.05. The van der Waals surface area contributed by atoms with Gasteiger partial charge in [-0.15, -0.1) is 6.58 Å². The number of benzene rings is 1. The highest BCUT2D eigenvalue weighted by atomic mass is 79.9. The Balaban J connectivity index is 2.56. The third kappa shape index (κ3) is 3.79. The Morgan fingerprint density at radius 1 is 1.56 bits per heavy atom. The lowest BCUT2D eigenvalue weighted by Crippen LogP contribution is -2.28. The summed E-state index contributed by atoms with van der Waals surface area (Å²) in [5.41, 5.74) is 1.89. The molecular weight excluding hydrogens is 268 g/mol.